The Bertz CT molecular complexity index is 1390. The number of nitrogens with one attached hydrogen (secondary N) is 2. The standard InChI is InChI=1S/C23H15F3N4/c24-12-13-5-1-2-6-15(13)20-11-21(16-7-3-4-8-19(16)27-20)28-23-17-9-14(25)10-18(26)22(17)29-30-23/h1-11H,12H2,(H2,27,28,29,30). The molecule has 0 saturated heterocycles. The van der Waals surface area contributed by atoms with Crippen LogP contribution in [0.2, 0.25) is 0 Å². The first-order valence-corrected chi connectivity index (χ1v) is 9.28. The van der Waals surface area contributed by atoms with Gasteiger partial charge in [0.2, 0.25) is 0 Å². The molecule has 2 heterocycles. The van der Waals surface area contributed by atoms with E-state index in [-0.39, 0.29) is 11.3 Å². The highest BCUT2D eigenvalue weighted by Crippen LogP contribution is 2.34. The van der Waals surface area contributed by atoms with Gasteiger partial charge in [-0.15, -0.1) is 0 Å². The van der Waals surface area contributed by atoms with Crippen molar-refractivity contribution in [2.24, 2.45) is 0 Å². The second-order valence-corrected chi connectivity index (χ2v) is 6.87. The topological polar surface area (TPSA) is 53.6 Å². The number of anilines is 2. The minimum absolute atomic E-state index is 0.111. The highest BCUT2D eigenvalue weighted by molar-refractivity contribution is 5.99. The summed E-state index contributed by atoms with van der Waals surface area (Å²) in [6, 6.07) is 18.4. The summed E-state index contributed by atoms with van der Waals surface area (Å²) >= 11 is 0. The van der Waals surface area contributed by atoms with Crippen LogP contribution >= 0.6 is 0 Å². The number of aromatic amines is 1. The summed E-state index contributed by atoms with van der Waals surface area (Å²) in [5.41, 5.74) is 3.24. The molecule has 0 amide bonds. The van der Waals surface area contributed by atoms with Crippen LogP contribution in [0.25, 0.3) is 33.1 Å². The van der Waals surface area contributed by atoms with Crippen LogP contribution in [0, 0.1) is 11.6 Å². The van der Waals surface area contributed by atoms with Crippen molar-refractivity contribution in [3.05, 3.63) is 83.9 Å². The maximum absolute atomic E-state index is 14.0. The van der Waals surface area contributed by atoms with E-state index in [1.807, 2.05) is 36.4 Å². The van der Waals surface area contributed by atoms with Crippen molar-refractivity contribution in [3.8, 4) is 11.3 Å². The first-order valence-electron chi connectivity index (χ1n) is 9.28. The molecule has 4 nitrogen and oxygen atoms in total. The molecule has 30 heavy (non-hydrogen) atoms. The van der Waals surface area contributed by atoms with Gasteiger partial charge in [-0.1, -0.05) is 42.5 Å². The molecule has 0 fully saturated rings. The Hall–Kier alpha value is -3.87. The van der Waals surface area contributed by atoms with E-state index in [4.69, 9.17) is 0 Å². The number of halogens is 3. The molecule has 0 bridgehead atoms. The summed E-state index contributed by atoms with van der Waals surface area (Å²) in [7, 11) is 0. The van der Waals surface area contributed by atoms with E-state index in [1.165, 1.54) is 6.07 Å². The van der Waals surface area contributed by atoms with Crippen LogP contribution in [-0.2, 0) is 6.67 Å². The Morgan fingerprint density at radius 2 is 1.70 bits per heavy atom. The zero-order valence-electron chi connectivity index (χ0n) is 15.6. The molecule has 0 aliphatic heterocycles. The smallest absolute Gasteiger partial charge is 0.160 e. The zero-order valence-corrected chi connectivity index (χ0v) is 15.6. The first kappa shape index (κ1) is 18.2. The fraction of sp³-hybridized carbons (Fsp3) is 0.0435. The average Bonchev–Trinajstić information content (AvgIpc) is 3.16. The van der Waals surface area contributed by atoms with Gasteiger partial charge in [0, 0.05) is 22.4 Å². The number of alkyl halides is 1. The van der Waals surface area contributed by atoms with Crippen LogP contribution in [0.1, 0.15) is 5.56 Å². The van der Waals surface area contributed by atoms with Crippen LogP contribution in [-0.4, -0.2) is 15.2 Å². The monoisotopic (exact) mass is 404 g/mol. The number of hydrogen-bond donors (Lipinski definition) is 2. The summed E-state index contributed by atoms with van der Waals surface area (Å²) in [5, 5.41) is 11.0. The van der Waals surface area contributed by atoms with Gasteiger partial charge < -0.3 is 5.32 Å². The van der Waals surface area contributed by atoms with Crippen molar-refractivity contribution in [2.75, 3.05) is 5.32 Å². The average molecular weight is 404 g/mol. The number of hydrogen-bond acceptors (Lipinski definition) is 3. The minimum Gasteiger partial charge on any atom is -0.338 e. The Labute approximate surface area is 169 Å². The van der Waals surface area contributed by atoms with Crippen molar-refractivity contribution in [2.45, 2.75) is 6.67 Å². The molecule has 0 aliphatic carbocycles. The summed E-state index contributed by atoms with van der Waals surface area (Å²) in [6.07, 6.45) is 0. The van der Waals surface area contributed by atoms with Crippen LogP contribution < -0.4 is 5.32 Å². The minimum atomic E-state index is -0.720. The molecule has 7 heteroatoms. The van der Waals surface area contributed by atoms with Gasteiger partial charge in [0.25, 0.3) is 0 Å². The third kappa shape index (κ3) is 3.04. The molecule has 2 aromatic heterocycles. The fourth-order valence-electron chi connectivity index (χ4n) is 3.57. The molecular formula is C23H15F3N4. The largest absolute Gasteiger partial charge is 0.338 e. The van der Waals surface area contributed by atoms with Crippen LogP contribution in [0.15, 0.2) is 66.7 Å². The van der Waals surface area contributed by atoms with E-state index in [0.717, 1.165) is 11.5 Å². The van der Waals surface area contributed by atoms with Gasteiger partial charge in [-0.2, -0.15) is 5.10 Å². The maximum atomic E-state index is 14.0. The Kier molecular flexibility index (Phi) is 4.35. The normalized spacial score (nSPS) is 11.3. The number of fused-ring (bicyclic) bond motifs is 2. The van der Waals surface area contributed by atoms with Gasteiger partial charge in [-0.25, -0.2) is 18.2 Å². The molecule has 0 radical (unpaired) electrons. The number of pyridine rings is 1. The molecule has 2 N–H and O–H groups in total. The number of H-pyrrole nitrogens is 1. The Morgan fingerprint density at radius 1 is 0.900 bits per heavy atom. The van der Waals surface area contributed by atoms with E-state index >= 15 is 0 Å². The van der Waals surface area contributed by atoms with Crippen molar-refractivity contribution >= 4 is 33.3 Å². The molecule has 0 saturated carbocycles. The van der Waals surface area contributed by atoms with E-state index in [1.54, 1.807) is 18.2 Å². The lowest BCUT2D eigenvalue weighted by atomic mass is 10.0. The zero-order chi connectivity index (χ0) is 20.7. The van der Waals surface area contributed by atoms with Crippen molar-refractivity contribution in [1.82, 2.24) is 15.2 Å². The van der Waals surface area contributed by atoms with Gasteiger partial charge in [0.05, 0.1) is 16.9 Å². The van der Waals surface area contributed by atoms with Crippen LogP contribution in [0.4, 0.5) is 24.7 Å². The van der Waals surface area contributed by atoms with E-state index in [9.17, 15) is 13.2 Å². The molecule has 0 aliphatic rings. The van der Waals surface area contributed by atoms with Crippen LogP contribution in [0.5, 0.6) is 0 Å². The molecule has 0 unspecified atom stereocenters. The highest BCUT2D eigenvalue weighted by Gasteiger charge is 2.15. The quantitative estimate of drug-likeness (QED) is 0.371. The molecule has 5 aromatic rings. The molecular weight excluding hydrogens is 389 g/mol. The number of nitrogens with zero attached hydrogens (tertiary/aromatic N) is 2. The molecule has 3 aromatic carbocycles. The lowest BCUT2D eigenvalue weighted by Crippen LogP contribution is -1.97. The van der Waals surface area contributed by atoms with Gasteiger partial charge in [0.1, 0.15) is 18.0 Å². The number of benzene rings is 3. The summed E-state index contributed by atoms with van der Waals surface area (Å²) < 4.78 is 41.3. The second kappa shape index (κ2) is 7.18. The Balaban J connectivity index is 1.69. The summed E-state index contributed by atoms with van der Waals surface area (Å²) in [5.74, 6) is -1.13. The van der Waals surface area contributed by atoms with Gasteiger partial charge in [0.15, 0.2) is 11.6 Å². The predicted octanol–water partition coefficient (Wildman–Crippen LogP) is 6.27. The fourth-order valence-corrected chi connectivity index (χ4v) is 3.57. The SMILES string of the molecule is FCc1ccccc1-c1cc(Nc2n[nH]c3c(F)cc(F)cc23)c2ccccc2n1. The highest BCUT2D eigenvalue weighted by atomic mass is 19.1. The number of aromatic nitrogens is 3. The second-order valence-electron chi connectivity index (χ2n) is 6.87. The third-order valence-electron chi connectivity index (χ3n) is 5.00. The van der Waals surface area contributed by atoms with Crippen molar-refractivity contribution < 1.29 is 13.2 Å². The van der Waals surface area contributed by atoms with E-state index in [2.05, 4.69) is 20.5 Å². The lowest BCUT2D eigenvalue weighted by molar-refractivity contribution is 0.486. The van der Waals surface area contributed by atoms with Crippen molar-refractivity contribution in [3.63, 3.8) is 0 Å². The van der Waals surface area contributed by atoms with E-state index in [0.29, 0.717) is 33.4 Å². The first-order chi connectivity index (χ1) is 14.6. The summed E-state index contributed by atoms with van der Waals surface area (Å²) in [4.78, 5) is 4.68. The van der Waals surface area contributed by atoms with Crippen molar-refractivity contribution in [1.29, 1.82) is 0 Å². The molecule has 0 atom stereocenters. The molecule has 0 spiro atoms. The Morgan fingerprint density at radius 3 is 2.57 bits per heavy atom. The predicted molar refractivity (Wildman–Crippen MR) is 111 cm³/mol. The number of para-hydroxylation sites is 1. The van der Waals surface area contributed by atoms with Gasteiger partial charge in [-0.3, -0.25) is 5.10 Å². The van der Waals surface area contributed by atoms with Gasteiger partial charge >= 0.3 is 0 Å². The lowest BCUT2D eigenvalue weighted by Gasteiger charge is -2.12. The summed E-state index contributed by atoms with van der Waals surface area (Å²) in [6.45, 7) is -0.615. The molecule has 148 valence electrons. The third-order valence-corrected chi connectivity index (χ3v) is 5.00. The molecule has 5 rings (SSSR count). The van der Waals surface area contributed by atoms with E-state index < -0.39 is 18.3 Å². The van der Waals surface area contributed by atoms with Gasteiger partial charge in [-0.05, 0) is 23.8 Å². The number of rotatable bonds is 4. The maximum Gasteiger partial charge on any atom is 0.160 e. The van der Waals surface area contributed by atoms with Crippen LogP contribution in [0.3, 0.4) is 0 Å².